The van der Waals surface area contributed by atoms with E-state index in [4.69, 9.17) is 4.74 Å². The molecule has 0 saturated carbocycles. The van der Waals surface area contributed by atoms with Crippen LogP contribution in [0.25, 0.3) is 11.1 Å². The quantitative estimate of drug-likeness (QED) is 0.904. The fourth-order valence-corrected chi connectivity index (χ4v) is 2.74. The minimum absolute atomic E-state index is 0.644. The molecule has 0 amide bonds. The normalized spacial score (nSPS) is 14.5. The van der Waals surface area contributed by atoms with Gasteiger partial charge in [-0.3, -0.25) is 0 Å². The highest BCUT2D eigenvalue weighted by atomic mass is 19.4. The van der Waals surface area contributed by atoms with Crippen LogP contribution in [0.3, 0.4) is 0 Å². The van der Waals surface area contributed by atoms with Crippen LogP contribution in [0, 0.1) is 0 Å². The summed E-state index contributed by atoms with van der Waals surface area (Å²) in [5.41, 5.74) is 3.29. The van der Waals surface area contributed by atoms with E-state index in [1.807, 2.05) is 12.1 Å². The Hall–Kier alpha value is -2.01. The lowest BCUT2D eigenvalue weighted by molar-refractivity contribution is -0.137. The average molecular weight is 307 g/mol. The van der Waals surface area contributed by atoms with Crippen molar-refractivity contribution in [1.82, 2.24) is 5.32 Å². The molecule has 1 aliphatic rings. The lowest BCUT2D eigenvalue weighted by Gasteiger charge is -2.20. The Morgan fingerprint density at radius 2 is 1.77 bits per heavy atom. The fourth-order valence-electron chi connectivity index (χ4n) is 2.74. The van der Waals surface area contributed by atoms with Gasteiger partial charge in [-0.05, 0) is 53.9 Å². The number of hydrogen-bond donors (Lipinski definition) is 1. The molecule has 1 aliphatic heterocycles. The van der Waals surface area contributed by atoms with Gasteiger partial charge in [-0.25, -0.2) is 0 Å². The van der Waals surface area contributed by atoms with E-state index in [1.54, 1.807) is 7.11 Å². The molecule has 5 heteroatoms. The number of rotatable bonds is 2. The molecular formula is C17H16F3NO. The molecule has 116 valence electrons. The predicted octanol–water partition coefficient (Wildman–Crippen LogP) is 4.03. The van der Waals surface area contributed by atoms with Crippen molar-refractivity contribution in [2.45, 2.75) is 19.1 Å². The monoisotopic (exact) mass is 307 g/mol. The SMILES string of the molecule is COc1cc2c(cc1-c1ccc(C(F)(F)F)cc1)CNCC2. The van der Waals surface area contributed by atoms with E-state index >= 15 is 0 Å². The van der Waals surface area contributed by atoms with Crippen molar-refractivity contribution >= 4 is 0 Å². The van der Waals surface area contributed by atoms with E-state index in [1.165, 1.54) is 23.3 Å². The average Bonchev–Trinajstić information content (AvgIpc) is 2.53. The maximum atomic E-state index is 12.7. The number of fused-ring (bicyclic) bond motifs is 1. The summed E-state index contributed by atoms with van der Waals surface area (Å²) in [4.78, 5) is 0. The van der Waals surface area contributed by atoms with Gasteiger partial charge in [0.05, 0.1) is 12.7 Å². The highest BCUT2D eigenvalue weighted by molar-refractivity contribution is 5.72. The van der Waals surface area contributed by atoms with Crippen molar-refractivity contribution in [3.05, 3.63) is 53.1 Å². The van der Waals surface area contributed by atoms with Crippen LogP contribution < -0.4 is 10.1 Å². The van der Waals surface area contributed by atoms with Gasteiger partial charge in [0.15, 0.2) is 0 Å². The van der Waals surface area contributed by atoms with Crippen LogP contribution in [0.4, 0.5) is 13.2 Å². The lowest BCUT2D eigenvalue weighted by atomic mass is 9.94. The van der Waals surface area contributed by atoms with E-state index in [9.17, 15) is 13.2 Å². The zero-order valence-electron chi connectivity index (χ0n) is 12.1. The van der Waals surface area contributed by atoms with E-state index in [2.05, 4.69) is 5.32 Å². The van der Waals surface area contributed by atoms with Crippen molar-refractivity contribution < 1.29 is 17.9 Å². The van der Waals surface area contributed by atoms with Crippen molar-refractivity contribution in [3.63, 3.8) is 0 Å². The van der Waals surface area contributed by atoms with Crippen molar-refractivity contribution in [1.29, 1.82) is 0 Å². The molecule has 3 rings (SSSR count). The summed E-state index contributed by atoms with van der Waals surface area (Å²) in [6.07, 6.45) is -3.39. The molecule has 0 atom stereocenters. The fraction of sp³-hybridized carbons (Fsp3) is 0.294. The highest BCUT2D eigenvalue weighted by Crippen LogP contribution is 2.36. The molecule has 2 aromatic carbocycles. The molecule has 2 aromatic rings. The first-order chi connectivity index (χ1) is 10.5. The molecule has 0 saturated heterocycles. The van der Waals surface area contributed by atoms with Gasteiger partial charge in [-0.2, -0.15) is 13.2 Å². The third-order valence-corrected chi connectivity index (χ3v) is 3.93. The molecule has 1 heterocycles. The largest absolute Gasteiger partial charge is 0.496 e. The molecule has 0 fully saturated rings. The number of methoxy groups -OCH3 is 1. The van der Waals surface area contributed by atoms with E-state index < -0.39 is 11.7 Å². The van der Waals surface area contributed by atoms with Crippen LogP contribution in [0.15, 0.2) is 36.4 Å². The maximum absolute atomic E-state index is 12.7. The minimum atomic E-state index is -4.32. The van der Waals surface area contributed by atoms with Gasteiger partial charge in [-0.1, -0.05) is 12.1 Å². The van der Waals surface area contributed by atoms with Crippen LogP contribution in [0.1, 0.15) is 16.7 Å². The molecule has 0 radical (unpaired) electrons. The Morgan fingerprint density at radius 3 is 2.41 bits per heavy atom. The molecular weight excluding hydrogens is 291 g/mol. The van der Waals surface area contributed by atoms with Gasteiger partial charge >= 0.3 is 6.18 Å². The second kappa shape index (κ2) is 5.65. The van der Waals surface area contributed by atoms with Crippen molar-refractivity contribution in [3.8, 4) is 16.9 Å². The zero-order chi connectivity index (χ0) is 15.7. The molecule has 0 unspecified atom stereocenters. The van der Waals surface area contributed by atoms with Gasteiger partial charge in [-0.15, -0.1) is 0 Å². The Balaban J connectivity index is 2.03. The predicted molar refractivity (Wildman–Crippen MR) is 78.8 cm³/mol. The topological polar surface area (TPSA) is 21.3 Å². The first-order valence-electron chi connectivity index (χ1n) is 7.07. The number of nitrogens with one attached hydrogen (secondary N) is 1. The maximum Gasteiger partial charge on any atom is 0.416 e. The van der Waals surface area contributed by atoms with E-state index in [0.29, 0.717) is 5.75 Å². The third-order valence-electron chi connectivity index (χ3n) is 3.93. The Kier molecular flexibility index (Phi) is 3.83. The molecule has 0 bridgehead atoms. The Labute approximate surface area is 126 Å². The van der Waals surface area contributed by atoms with Gasteiger partial charge in [0.25, 0.3) is 0 Å². The first kappa shape index (κ1) is 14.9. The van der Waals surface area contributed by atoms with Crippen LogP contribution in [-0.2, 0) is 19.1 Å². The first-order valence-corrected chi connectivity index (χ1v) is 7.07. The summed E-state index contributed by atoms with van der Waals surface area (Å²) < 4.78 is 43.4. The minimum Gasteiger partial charge on any atom is -0.496 e. The summed E-state index contributed by atoms with van der Waals surface area (Å²) in [6.45, 7) is 1.70. The molecule has 0 aliphatic carbocycles. The van der Waals surface area contributed by atoms with Crippen molar-refractivity contribution in [2.24, 2.45) is 0 Å². The Morgan fingerprint density at radius 1 is 1.05 bits per heavy atom. The molecule has 0 spiro atoms. The standard InChI is InChI=1S/C17H16F3NO/c1-22-16-9-12-6-7-21-10-13(12)8-15(16)11-2-4-14(5-3-11)17(18,19)20/h2-5,8-9,21H,6-7,10H2,1H3. The molecule has 22 heavy (non-hydrogen) atoms. The molecule has 2 nitrogen and oxygen atoms in total. The van der Waals surface area contributed by atoms with Crippen LogP contribution >= 0.6 is 0 Å². The van der Waals surface area contributed by atoms with E-state index in [-0.39, 0.29) is 0 Å². The summed E-state index contributed by atoms with van der Waals surface area (Å²) >= 11 is 0. The van der Waals surface area contributed by atoms with E-state index in [0.717, 1.165) is 42.8 Å². The van der Waals surface area contributed by atoms with Gasteiger partial charge in [0.2, 0.25) is 0 Å². The number of hydrogen-bond acceptors (Lipinski definition) is 2. The smallest absolute Gasteiger partial charge is 0.416 e. The third kappa shape index (κ3) is 2.81. The summed E-state index contributed by atoms with van der Waals surface area (Å²) in [6, 6.07) is 9.18. The van der Waals surface area contributed by atoms with Crippen LogP contribution in [0.5, 0.6) is 5.75 Å². The summed E-state index contributed by atoms with van der Waals surface area (Å²) in [7, 11) is 1.58. The number of benzene rings is 2. The zero-order valence-corrected chi connectivity index (χ0v) is 12.1. The molecule has 1 N–H and O–H groups in total. The van der Waals surface area contributed by atoms with Gasteiger partial charge in [0.1, 0.15) is 5.75 Å². The summed E-state index contributed by atoms with van der Waals surface area (Å²) in [5.74, 6) is 0.695. The van der Waals surface area contributed by atoms with Crippen LogP contribution in [-0.4, -0.2) is 13.7 Å². The van der Waals surface area contributed by atoms with Crippen molar-refractivity contribution in [2.75, 3.05) is 13.7 Å². The lowest BCUT2D eigenvalue weighted by Crippen LogP contribution is -2.23. The number of halogens is 3. The second-order valence-electron chi connectivity index (χ2n) is 5.32. The number of ether oxygens (including phenoxy) is 1. The second-order valence-corrected chi connectivity index (χ2v) is 5.32. The Bertz CT molecular complexity index is 678. The van der Waals surface area contributed by atoms with Crippen LogP contribution in [0.2, 0.25) is 0 Å². The number of alkyl halides is 3. The molecule has 0 aromatic heterocycles. The highest BCUT2D eigenvalue weighted by Gasteiger charge is 2.30. The summed E-state index contributed by atoms with van der Waals surface area (Å²) in [5, 5.41) is 3.30. The van der Waals surface area contributed by atoms with Gasteiger partial charge in [0, 0.05) is 12.1 Å². The van der Waals surface area contributed by atoms with Gasteiger partial charge < -0.3 is 10.1 Å².